The highest BCUT2D eigenvalue weighted by atomic mass is 35.5. The monoisotopic (exact) mass is 127 g/mol. The molecule has 0 unspecified atom stereocenters. The summed E-state index contributed by atoms with van der Waals surface area (Å²) >= 11 is 5.50. The van der Waals surface area contributed by atoms with Crippen molar-refractivity contribution in [1.82, 2.24) is 10.2 Å². The second-order valence-electron chi connectivity index (χ2n) is 1.37. The molecule has 0 amide bonds. The van der Waals surface area contributed by atoms with E-state index < -0.39 is 0 Å². The molecule has 2 nitrogen and oxygen atoms in total. The predicted octanol–water partition coefficient (Wildman–Crippen LogP) is 1.31. The van der Waals surface area contributed by atoms with Gasteiger partial charge >= 0.3 is 0 Å². The quantitative estimate of drug-likeness (QED) is 0.525. The van der Waals surface area contributed by atoms with Crippen LogP contribution >= 0.6 is 11.6 Å². The second-order valence-corrected chi connectivity index (χ2v) is 1.80. The molecule has 41 valence electrons. The van der Waals surface area contributed by atoms with E-state index in [1.54, 1.807) is 6.07 Å². The van der Waals surface area contributed by atoms with E-state index in [0.717, 1.165) is 0 Å². The van der Waals surface area contributed by atoms with Gasteiger partial charge in [-0.25, -0.2) is 0 Å². The van der Waals surface area contributed by atoms with Crippen LogP contribution in [0.4, 0.5) is 0 Å². The minimum atomic E-state index is 0.574. The van der Waals surface area contributed by atoms with Crippen molar-refractivity contribution < 1.29 is 0 Å². The van der Waals surface area contributed by atoms with Gasteiger partial charge in [-0.1, -0.05) is 11.6 Å². The SMILES string of the molecule is [CH2]c1cc(Cl)cnn1. The number of hydrogen-bond donors (Lipinski definition) is 0. The maximum absolute atomic E-state index is 5.50. The number of halogens is 1. The third-order valence-electron chi connectivity index (χ3n) is 0.672. The van der Waals surface area contributed by atoms with Crippen LogP contribution in [-0.2, 0) is 0 Å². The standard InChI is InChI=1S/C5H4ClN2/c1-4-2-5(6)3-7-8-4/h2-3H,1H2. The molecule has 0 aliphatic carbocycles. The zero-order valence-corrected chi connectivity index (χ0v) is 4.89. The van der Waals surface area contributed by atoms with Gasteiger partial charge in [-0.15, -0.1) is 0 Å². The van der Waals surface area contributed by atoms with Crippen molar-refractivity contribution >= 4 is 11.6 Å². The average molecular weight is 128 g/mol. The van der Waals surface area contributed by atoms with Crippen LogP contribution in [0.2, 0.25) is 5.02 Å². The fourth-order valence-electron chi connectivity index (χ4n) is 0.383. The van der Waals surface area contributed by atoms with E-state index in [4.69, 9.17) is 11.6 Å². The van der Waals surface area contributed by atoms with Crippen molar-refractivity contribution in [1.29, 1.82) is 0 Å². The molecule has 0 spiro atoms. The molecule has 0 N–H and O–H groups in total. The molecule has 0 atom stereocenters. The van der Waals surface area contributed by atoms with Gasteiger partial charge in [-0.05, 0) is 13.0 Å². The molecule has 0 aliphatic rings. The van der Waals surface area contributed by atoms with Crippen LogP contribution in [0.15, 0.2) is 12.3 Å². The van der Waals surface area contributed by atoms with Crippen LogP contribution in [-0.4, -0.2) is 10.2 Å². The number of nitrogens with zero attached hydrogens (tertiary/aromatic N) is 2. The van der Waals surface area contributed by atoms with Gasteiger partial charge in [0, 0.05) is 0 Å². The predicted molar refractivity (Wildman–Crippen MR) is 31.5 cm³/mol. The van der Waals surface area contributed by atoms with Gasteiger partial charge in [0.25, 0.3) is 0 Å². The largest absolute Gasteiger partial charge is 0.157 e. The van der Waals surface area contributed by atoms with Gasteiger partial charge < -0.3 is 0 Å². The summed E-state index contributed by atoms with van der Waals surface area (Å²) in [6, 6.07) is 1.65. The number of rotatable bonds is 0. The summed E-state index contributed by atoms with van der Waals surface area (Å²) < 4.78 is 0. The molecule has 0 aliphatic heterocycles. The molecule has 1 heterocycles. The van der Waals surface area contributed by atoms with E-state index in [1.165, 1.54) is 6.20 Å². The molecule has 1 radical (unpaired) electrons. The molecule has 0 bridgehead atoms. The van der Waals surface area contributed by atoms with Crippen molar-refractivity contribution in [3.8, 4) is 0 Å². The lowest BCUT2D eigenvalue weighted by Crippen LogP contribution is -1.82. The molecule has 0 aromatic carbocycles. The fraction of sp³-hybridized carbons (Fsp3) is 0. The van der Waals surface area contributed by atoms with Crippen LogP contribution in [0.25, 0.3) is 0 Å². The van der Waals surface area contributed by atoms with E-state index in [1.807, 2.05) is 0 Å². The molecule has 0 saturated carbocycles. The number of aromatic nitrogens is 2. The Bertz CT molecular complexity index is 170. The van der Waals surface area contributed by atoms with Crippen molar-refractivity contribution in [2.24, 2.45) is 0 Å². The summed E-state index contributed by atoms with van der Waals surface area (Å²) in [5, 5.41) is 7.71. The van der Waals surface area contributed by atoms with Crippen molar-refractivity contribution in [3.05, 3.63) is 29.9 Å². The van der Waals surface area contributed by atoms with E-state index in [-0.39, 0.29) is 0 Å². The molecule has 8 heavy (non-hydrogen) atoms. The van der Waals surface area contributed by atoms with Crippen LogP contribution in [0.5, 0.6) is 0 Å². The van der Waals surface area contributed by atoms with Crippen molar-refractivity contribution in [2.45, 2.75) is 0 Å². The topological polar surface area (TPSA) is 25.8 Å². The van der Waals surface area contributed by atoms with Gasteiger partial charge in [-0.3, -0.25) is 0 Å². The third kappa shape index (κ3) is 1.17. The van der Waals surface area contributed by atoms with Gasteiger partial charge in [0.2, 0.25) is 0 Å². The first-order chi connectivity index (χ1) is 3.79. The lowest BCUT2D eigenvalue weighted by molar-refractivity contribution is 1.01. The van der Waals surface area contributed by atoms with Gasteiger partial charge in [0.15, 0.2) is 0 Å². The van der Waals surface area contributed by atoms with Crippen LogP contribution in [0.1, 0.15) is 5.69 Å². The van der Waals surface area contributed by atoms with E-state index in [0.29, 0.717) is 10.7 Å². The fourth-order valence-corrected chi connectivity index (χ4v) is 0.553. The smallest absolute Gasteiger partial charge is 0.0682 e. The summed E-state index contributed by atoms with van der Waals surface area (Å²) in [7, 11) is 0. The second kappa shape index (κ2) is 2.09. The summed E-state index contributed by atoms with van der Waals surface area (Å²) in [5.74, 6) is 0. The lowest BCUT2D eigenvalue weighted by Gasteiger charge is -1.86. The molecule has 1 aromatic heterocycles. The Morgan fingerprint density at radius 3 is 2.75 bits per heavy atom. The Labute approximate surface area is 52.5 Å². The zero-order chi connectivity index (χ0) is 5.98. The summed E-state index contributed by atoms with van der Waals surface area (Å²) in [6.07, 6.45) is 1.47. The van der Waals surface area contributed by atoms with Crippen LogP contribution in [0.3, 0.4) is 0 Å². The van der Waals surface area contributed by atoms with E-state index in [9.17, 15) is 0 Å². The molecule has 3 heteroatoms. The van der Waals surface area contributed by atoms with Gasteiger partial charge in [0.05, 0.1) is 16.9 Å². The Morgan fingerprint density at radius 1 is 1.62 bits per heavy atom. The average Bonchev–Trinajstić information content (AvgIpc) is 1.64. The molecule has 0 fully saturated rings. The summed E-state index contributed by atoms with van der Waals surface area (Å²) in [5.41, 5.74) is 0.595. The molecular formula is C5H4ClN2. The molecule has 1 aromatic rings. The Morgan fingerprint density at radius 2 is 2.38 bits per heavy atom. The highest BCUT2D eigenvalue weighted by Crippen LogP contribution is 2.03. The zero-order valence-electron chi connectivity index (χ0n) is 4.13. The highest BCUT2D eigenvalue weighted by Gasteiger charge is 1.86. The normalized spacial score (nSPS) is 9.25. The molecule has 1 rings (SSSR count). The Hall–Kier alpha value is -0.630. The maximum atomic E-state index is 5.50. The minimum Gasteiger partial charge on any atom is -0.157 e. The van der Waals surface area contributed by atoms with Crippen molar-refractivity contribution in [2.75, 3.05) is 0 Å². The maximum Gasteiger partial charge on any atom is 0.0682 e. The first-order valence-corrected chi connectivity index (χ1v) is 2.47. The van der Waals surface area contributed by atoms with Gasteiger partial charge in [-0.2, -0.15) is 10.2 Å². The highest BCUT2D eigenvalue weighted by molar-refractivity contribution is 6.30. The summed E-state index contributed by atoms with van der Waals surface area (Å²) in [4.78, 5) is 0. The van der Waals surface area contributed by atoms with Gasteiger partial charge in [0.1, 0.15) is 0 Å². The minimum absolute atomic E-state index is 0.574. The summed E-state index contributed by atoms with van der Waals surface area (Å²) in [6.45, 7) is 3.52. The Kier molecular flexibility index (Phi) is 1.44. The molecule has 0 saturated heterocycles. The Balaban J connectivity index is 3.08. The first-order valence-electron chi connectivity index (χ1n) is 2.09. The number of hydrogen-bond acceptors (Lipinski definition) is 2. The van der Waals surface area contributed by atoms with E-state index in [2.05, 4.69) is 17.1 Å². The third-order valence-corrected chi connectivity index (χ3v) is 0.878. The lowest BCUT2D eigenvalue weighted by atomic mass is 10.4. The first kappa shape index (κ1) is 5.51. The van der Waals surface area contributed by atoms with E-state index >= 15 is 0 Å². The molecular weight excluding hydrogens is 124 g/mol. The van der Waals surface area contributed by atoms with Crippen molar-refractivity contribution in [3.63, 3.8) is 0 Å². The van der Waals surface area contributed by atoms with Crippen LogP contribution < -0.4 is 0 Å². The van der Waals surface area contributed by atoms with Crippen LogP contribution in [0, 0.1) is 6.92 Å².